The van der Waals surface area contributed by atoms with Crippen molar-refractivity contribution in [2.24, 2.45) is 5.92 Å². The molecule has 2 amide bonds. The van der Waals surface area contributed by atoms with Crippen LogP contribution in [0.4, 0.5) is 10.5 Å². The summed E-state index contributed by atoms with van der Waals surface area (Å²) in [6.07, 6.45) is -0.717. The maximum Gasteiger partial charge on any atom is 0.408 e. The Balaban J connectivity index is 1.42. The molecule has 0 aliphatic carbocycles. The number of piperazine rings is 1. The molecule has 0 saturated carbocycles. The molecule has 1 aliphatic rings. The predicted octanol–water partition coefficient (Wildman–Crippen LogP) is 2.84. The number of methoxy groups -OCH3 is 1. The average Bonchev–Trinajstić information content (AvgIpc) is 2.89. The fourth-order valence-electron chi connectivity index (χ4n) is 3.71. The van der Waals surface area contributed by atoms with Crippen molar-refractivity contribution in [3.05, 3.63) is 60.2 Å². The average molecular weight is 484 g/mol. The summed E-state index contributed by atoms with van der Waals surface area (Å²) in [5, 5.41) is 2.55. The van der Waals surface area contributed by atoms with Crippen LogP contribution < -0.4 is 15.0 Å². The van der Waals surface area contributed by atoms with E-state index in [0.29, 0.717) is 26.2 Å². The largest absolute Gasteiger partial charge is 0.497 e. The third-order valence-corrected chi connectivity index (χ3v) is 5.81. The quantitative estimate of drug-likeness (QED) is 0.548. The molecule has 2 aromatic carbocycles. The molecule has 1 saturated heterocycles. The first-order valence-corrected chi connectivity index (χ1v) is 11.7. The summed E-state index contributed by atoms with van der Waals surface area (Å²) in [7, 11) is 1.63. The van der Waals surface area contributed by atoms with Crippen LogP contribution in [0.2, 0.25) is 0 Å². The van der Waals surface area contributed by atoms with Gasteiger partial charge in [-0.25, -0.2) is 9.59 Å². The molecule has 1 N–H and O–H groups in total. The molecule has 1 fully saturated rings. The van der Waals surface area contributed by atoms with Crippen molar-refractivity contribution in [1.29, 1.82) is 0 Å². The first-order chi connectivity index (χ1) is 16.9. The van der Waals surface area contributed by atoms with Gasteiger partial charge >= 0.3 is 12.1 Å². The maximum absolute atomic E-state index is 12.6. The minimum Gasteiger partial charge on any atom is -0.497 e. The Morgan fingerprint density at radius 3 is 2.17 bits per heavy atom. The van der Waals surface area contributed by atoms with Crippen molar-refractivity contribution < 1.29 is 28.6 Å². The van der Waals surface area contributed by atoms with E-state index in [1.165, 1.54) is 0 Å². The Bertz CT molecular complexity index is 972. The van der Waals surface area contributed by atoms with E-state index in [2.05, 4.69) is 10.2 Å². The van der Waals surface area contributed by atoms with Crippen molar-refractivity contribution in [2.75, 3.05) is 44.8 Å². The van der Waals surface area contributed by atoms with E-state index in [9.17, 15) is 14.4 Å². The van der Waals surface area contributed by atoms with E-state index in [1.807, 2.05) is 54.6 Å². The number of anilines is 1. The fourth-order valence-corrected chi connectivity index (χ4v) is 3.71. The van der Waals surface area contributed by atoms with Gasteiger partial charge < -0.3 is 29.3 Å². The zero-order valence-electron chi connectivity index (χ0n) is 20.4. The van der Waals surface area contributed by atoms with Gasteiger partial charge in [0.2, 0.25) is 0 Å². The second-order valence-electron chi connectivity index (χ2n) is 8.60. The van der Waals surface area contributed by atoms with Gasteiger partial charge in [-0.1, -0.05) is 44.2 Å². The number of carbonyl (C=O) groups excluding carboxylic acids is 3. The summed E-state index contributed by atoms with van der Waals surface area (Å²) in [6, 6.07) is 16.1. The number of nitrogens with zero attached hydrogens (tertiary/aromatic N) is 2. The summed E-state index contributed by atoms with van der Waals surface area (Å²) in [5.41, 5.74) is 1.90. The number of carbonyl (C=O) groups is 3. The molecule has 1 unspecified atom stereocenters. The number of esters is 1. The summed E-state index contributed by atoms with van der Waals surface area (Å²) in [5.74, 6) is -0.373. The molecule has 2 aromatic rings. The van der Waals surface area contributed by atoms with Gasteiger partial charge in [0.15, 0.2) is 6.61 Å². The van der Waals surface area contributed by atoms with E-state index >= 15 is 0 Å². The topological polar surface area (TPSA) is 97.4 Å². The lowest BCUT2D eigenvalue weighted by atomic mass is 10.1. The lowest BCUT2D eigenvalue weighted by molar-refractivity contribution is -0.154. The van der Waals surface area contributed by atoms with Crippen molar-refractivity contribution >= 4 is 23.7 Å². The third-order valence-electron chi connectivity index (χ3n) is 5.81. The SMILES string of the molecule is COc1ccc(N2CCN(C(=O)COC(=O)C(NC(=O)OCc3ccccc3)C(C)C)CC2)cc1. The highest BCUT2D eigenvalue weighted by Crippen LogP contribution is 2.20. The predicted molar refractivity (Wildman–Crippen MR) is 131 cm³/mol. The Morgan fingerprint density at radius 1 is 0.914 bits per heavy atom. The molecule has 0 radical (unpaired) electrons. The molecular weight excluding hydrogens is 450 g/mol. The summed E-state index contributed by atoms with van der Waals surface area (Å²) in [6.45, 7) is 5.69. The molecule has 0 bridgehead atoms. The molecule has 35 heavy (non-hydrogen) atoms. The van der Waals surface area contributed by atoms with E-state index < -0.39 is 18.1 Å². The number of ether oxygens (including phenoxy) is 3. The van der Waals surface area contributed by atoms with Crippen LogP contribution in [-0.4, -0.2) is 68.8 Å². The summed E-state index contributed by atoms with van der Waals surface area (Å²) >= 11 is 0. The van der Waals surface area contributed by atoms with Crippen LogP contribution in [0, 0.1) is 5.92 Å². The molecular formula is C26H33N3O6. The van der Waals surface area contributed by atoms with Gasteiger partial charge in [-0.15, -0.1) is 0 Å². The highest BCUT2D eigenvalue weighted by molar-refractivity contribution is 5.85. The van der Waals surface area contributed by atoms with Crippen molar-refractivity contribution in [2.45, 2.75) is 26.5 Å². The number of alkyl carbamates (subject to hydrolysis) is 1. The monoisotopic (exact) mass is 483 g/mol. The Hall–Kier alpha value is -3.75. The molecule has 0 spiro atoms. The second kappa shape index (κ2) is 12.6. The zero-order valence-corrected chi connectivity index (χ0v) is 20.4. The van der Waals surface area contributed by atoms with Crippen LogP contribution in [0.5, 0.6) is 5.75 Å². The summed E-state index contributed by atoms with van der Waals surface area (Å²) in [4.78, 5) is 41.2. The van der Waals surface area contributed by atoms with Crippen LogP contribution in [0.25, 0.3) is 0 Å². The Kier molecular flexibility index (Phi) is 9.34. The van der Waals surface area contributed by atoms with Crippen molar-refractivity contribution in [1.82, 2.24) is 10.2 Å². The number of benzene rings is 2. The highest BCUT2D eigenvalue weighted by atomic mass is 16.6. The van der Waals surface area contributed by atoms with E-state index in [1.54, 1.807) is 25.9 Å². The van der Waals surface area contributed by atoms with Crippen LogP contribution in [-0.2, 0) is 25.7 Å². The van der Waals surface area contributed by atoms with Gasteiger partial charge in [0.1, 0.15) is 18.4 Å². The van der Waals surface area contributed by atoms with Crippen LogP contribution in [0.1, 0.15) is 19.4 Å². The smallest absolute Gasteiger partial charge is 0.408 e. The van der Waals surface area contributed by atoms with Crippen molar-refractivity contribution in [3.8, 4) is 5.75 Å². The van der Waals surface area contributed by atoms with Gasteiger partial charge in [0.05, 0.1) is 7.11 Å². The number of rotatable bonds is 9. The van der Waals surface area contributed by atoms with Gasteiger partial charge in [0, 0.05) is 31.9 Å². The molecule has 3 rings (SSSR count). The minimum absolute atomic E-state index is 0.0908. The number of nitrogens with one attached hydrogen (secondary N) is 1. The second-order valence-corrected chi connectivity index (χ2v) is 8.60. The number of hydrogen-bond acceptors (Lipinski definition) is 7. The Morgan fingerprint density at radius 2 is 1.57 bits per heavy atom. The lowest BCUT2D eigenvalue weighted by Crippen LogP contribution is -2.50. The van der Waals surface area contributed by atoms with Crippen molar-refractivity contribution in [3.63, 3.8) is 0 Å². The molecule has 188 valence electrons. The minimum atomic E-state index is -0.919. The first kappa shape index (κ1) is 25.9. The van der Waals surface area contributed by atoms with Crippen LogP contribution in [0.15, 0.2) is 54.6 Å². The highest BCUT2D eigenvalue weighted by Gasteiger charge is 2.28. The molecule has 1 heterocycles. The Labute approximate surface area is 205 Å². The third kappa shape index (κ3) is 7.63. The van der Waals surface area contributed by atoms with Gasteiger partial charge in [-0.2, -0.15) is 0 Å². The lowest BCUT2D eigenvalue weighted by Gasteiger charge is -2.36. The summed E-state index contributed by atoms with van der Waals surface area (Å²) < 4.78 is 15.6. The molecule has 0 aromatic heterocycles. The van der Waals surface area contributed by atoms with Gasteiger partial charge in [-0.3, -0.25) is 4.79 Å². The first-order valence-electron chi connectivity index (χ1n) is 11.7. The van der Waals surface area contributed by atoms with Crippen LogP contribution >= 0.6 is 0 Å². The molecule has 1 aliphatic heterocycles. The normalized spacial score (nSPS) is 14.3. The van der Waals surface area contributed by atoms with Gasteiger partial charge in [-0.05, 0) is 35.7 Å². The number of amides is 2. The molecule has 1 atom stereocenters. The maximum atomic E-state index is 12.6. The van der Waals surface area contributed by atoms with Crippen LogP contribution in [0.3, 0.4) is 0 Å². The molecule has 9 heteroatoms. The van der Waals surface area contributed by atoms with Gasteiger partial charge in [0.25, 0.3) is 5.91 Å². The van der Waals surface area contributed by atoms with E-state index in [4.69, 9.17) is 14.2 Å². The zero-order chi connectivity index (χ0) is 25.2. The molecule has 9 nitrogen and oxygen atoms in total. The number of hydrogen-bond donors (Lipinski definition) is 1. The van der Waals surface area contributed by atoms with E-state index in [-0.39, 0.29) is 25.0 Å². The fraction of sp³-hybridized carbons (Fsp3) is 0.423. The van der Waals surface area contributed by atoms with E-state index in [0.717, 1.165) is 17.0 Å². The standard InChI is InChI=1S/C26H33N3O6/c1-19(2)24(27-26(32)35-17-20-7-5-4-6-8-20)25(31)34-18-23(30)29-15-13-28(14-16-29)21-9-11-22(33-3)12-10-21/h4-12,19,24H,13-18H2,1-3H3,(H,27,32).